The van der Waals surface area contributed by atoms with Crippen molar-refractivity contribution in [2.24, 2.45) is 17.6 Å². The fraction of sp³-hybridized carbons (Fsp3) is 0.615. The number of ether oxygens (including phenoxy) is 2. The van der Waals surface area contributed by atoms with Gasteiger partial charge in [-0.25, -0.2) is 0 Å². The highest BCUT2D eigenvalue weighted by Crippen LogP contribution is 2.32. The Hall–Kier alpha value is -1.13. The molecule has 4 nitrogen and oxygen atoms in total. The third kappa shape index (κ3) is 2.76. The average Bonchev–Trinajstić information content (AvgIpc) is 2.38. The highest BCUT2D eigenvalue weighted by molar-refractivity contribution is 5.26. The highest BCUT2D eigenvalue weighted by Gasteiger charge is 2.28. The first kappa shape index (κ1) is 12.3. The van der Waals surface area contributed by atoms with Crippen LogP contribution in [-0.4, -0.2) is 25.3 Å². The summed E-state index contributed by atoms with van der Waals surface area (Å²) in [5, 5.41) is 0. The number of rotatable bonds is 3. The molecule has 94 valence electrons. The first-order valence-corrected chi connectivity index (χ1v) is 6.04. The molecule has 1 aromatic rings. The van der Waals surface area contributed by atoms with Crippen molar-refractivity contribution in [3.8, 4) is 5.75 Å². The summed E-state index contributed by atoms with van der Waals surface area (Å²) in [6, 6.07) is 1.98. The minimum Gasteiger partial charge on any atom is -0.495 e. The molecule has 0 saturated carbocycles. The summed E-state index contributed by atoms with van der Waals surface area (Å²) in [5.74, 6) is 1.71. The van der Waals surface area contributed by atoms with E-state index in [1.165, 1.54) is 0 Å². The zero-order valence-electron chi connectivity index (χ0n) is 10.4. The number of nitrogens with zero attached hydrogens (tertiary/aromatic N) is 1. The third-order valence-corrected chi connectivity index (χ3v) is 3.52. The maximum atomic E-state index is 6.33. The molecule has 17 heavy (non-hydrogen) atoms. The van der Waals surface area contributed by atoms with Crippen molar-refractivity contribution < 1.29 is 9.47 Å². The summed E-state index contributed by atoms with van der Waals surface area (Å²) < 4.78 is 10.6. The molecule has 2 rings (SSSR count). The zero-order chi connectivity index (χ0) is 12.3. The largest absolute Gasteiger partial charge is 0.495 e. The van der Waals surface area contributed by atoms with Gasteiger partial charge in [0.15, 0.2) is 0 Å². The highest BCUT2D eigenvalue weighted by atomic mass is 16.5. The van der Waals surface area contributed by atoms with Crippen molar-refractivity contribution in [3.05, 3.63) is 24.0 Å². The molecule has 0 radical (unpaired) electrons. The van der Waals surface area contributed by atoms with E-state index in [4.69, 9.17) is 15.2 Å². The second kappa shape index (κ2) is 5.47. The number of nitrogens with two attached hydrogens (primary N) is 1. The van der Waals surface area contributed by atoms with E-state index < -0.39 is 0 Å². The molecule has 3 atom stereocenters. The molecule has 1 aliphatic rings. The van der Waals surface area contributed by atoms with Gasteiger partial charge in [0.1, 0.15) is 5.75 Å². The predicted molar refractivity (Wildman–Crippen MR) is 65.8 cm³/mol. The molecular formula is C13H20N2O2. The summed E-state index contributed by atoms with van der Waals surface area (Å²) in [6.07, 6.45) is 4.54. The summed E-state index contributed by atoms with van der Waals surface area (Å²) in [6.45, 7) is 3.80. The maximum absolute atomic E-state index is 6.33. The quantitative estimate of drug-likeness (QED) is 0.869. The lowest BCUT2D eigenvalue weighted by atomic mass is 9.81. The Labute approximate surface area is 102 Å². The van der Waals surface area contributed by atoms with Crippen LogP contribution in [0.5, 0.6) is 5.75 Å². The van der Waals surface area contributed by atoms with Gasteiger partial charge in [-0.05, 0) is 29.9 Å². The second-order valence-electron chi connectivity index (χ2n) is 4.69. The van der Waals surface area contributed by atoms with Gasteiger partial charge in [0.2, 0.25) is 0 Å². The van der Waals surface area contributed by atoms with E-state index in [0.29, 0.717) is 11.8 Å². The van der Waals surface area contributed by atoms with Gasteiger partial charge in [-0.1, -0.05) is 6.92 Å². The summed E-state index contributed by atoms with van der Waals surface area (Å²) in [5.41, 5.74) is 7.38. The molecule has 1 aliphatic heterocycles. The van der Waals surface area contributed by atoms with Gasteiger partial charge >= 0.3 is 0 Å². The number of aromatic nitrogens is 1. The van der Waals surface area contributed by atoms with Crippen LogP contribution >= 0.6 is 0 Å². The number of hydrogen-bond donors (Lipinski definition) is 1. The molecule has 0 aliphatic carbocycles. The lowest BCUT2D eigenvalue weighted by molar-refractivity contribution is 0.0154. The Balaban J connectivity index is 2.14. The fourth-order valence-electron chi connectivity index (χ4n) is 2.41. The summed E-state index contributed by atoms with van der Waals surface area (Å²) >= 11 is 0. The molecule has 0 spiro atoms. The summed E-state index contributed by atoms with van der Waals surface area (Å²) in [4.78, 5) is 4.16. The minimum atomic E-state index is 0.0106. The van der Waals surface area contributed by atoms with Crippen molar-refractivity contribution in [1.29, 1.82) is 0 Å². The van der Waals surface area contributed by atoms with E-state index in [2.05, 4.69) is 11.9 Å². The molecule has 0 bridgehead atoms. The van der Waals surface area contributed by atoms with Crippen LogP contribution in [0, 0.1) is 11.8 Å². The smallest absolute Gasteiger partial charge is 0.137 e. The molecule has 1 aromatic heterocycles. The Morgan fingerprint density at radius 3 is 3.06 bits per heavy atom. The van der Waals surface area contributed by atoms with Crippen LogP contribution in [0.2, 0.25) is 0 Å². The Kier molecular flexibility index (Phi) is 3.97. The first-order chi connectivity index (χ1) is 8.22. The first-order valence-electron chi connectivity index (χ1n) is 6.04. The topological polar surface area (TPSA) is 57.4 Å². The van der Waals surface area contributed by atoms with Gasteiger partial charge in [0.25, 0.3) is 0 Å². The van der Waals surface area contributed by atoms with Crippen molar-refractivity contribution in [2.75, 3.05) is 20.3 Å². The minimum absolute atomic E-state index is 0.0106. The molecule has 0 aromatic carbocycles. The molecule has 1 fully saturated rings. The van der Waals surface area contributed by atoms with Crippen LogP contribution in [0.3, 0.4) is 0 Å². The Morgan fingerprint density at radius 2 is 2.35 bits per heavy atom. The lowest BCUT2D eigenvalue weighted by Gasteiger charge is -2.33. The van der Waals surface area contributed by atoms with E-state index in [0.717, 1.165) is 30.9 Å². The van der Waals surface area contributed by atoms with Crippen molar-refractivity contribution in [1.82, 2.24) is 4.98 Å². The van der Waals surface area contributed by atoms with Crippen molar-refractivity contribution in [3.63, 3.8) is 0 Å². The molecule has 2 heterocycles. The van der Waals surface area contributed by atoms with E-state index >= 15 is 0 Å². The molecule has 2 N–H and O–H groups in total. The number of pyridine rings is 1. The van der Waals surface area contributed by atoms with Gasteiger partial charge in [-0.15, -0.1) is 0 Å². The van der Waals surface area contributed by atoms with Crippen LogP contribution in [0.25, 0.3) is 0 Å². The van der Waals surface area contributed by atoms with Crippen LogP contribution in [0.15, 0.2) is 18.5 Å². The molecule has 4 heteroatoms. The normalized spacial score (nSPS) is 26.5. The van der Waals surface area contributed by atoms with Gasteiger partial charge in [0.05, 0.1) is 13.3 Å². The van der Waals surface area contributed by atoms with Gasteiger partial charge in [-0.2, -0.15) is 0 Å². The van der Waals surface area contributed by atoms with Crippen LogP contribution in [0.1, 0.15) is 24.9 Å². The maximum Gasteiger partial charge on any atom is 0.137 e. The second-order valence-corrected chi connectivity index (χ2v) is 4.69. The van der Waals surface area contributed by atoms with Crippen LogP contribution in [-0.2, 0) is 4.74 Å². The molecule has 1 saturated heterocycles. The molecule has 3 unspecified atom stereocenters. The molecular weight excluding hydrogens is 216 g/mol. The van der Waals surface area contributed by atoms with Gasteiger partial charge < -0.3 is 15.2 Å². The average molecular weight is 236 g/mol. The standard InChI is InChI=1S/C13H20N2O2/c1-9-8-17-4-3-12(9)13(14)10-5-11(16-2)7-15-6-10/h5-7,9,12-13H,3-4,8,14H2,1-2H3. The fourth-order valence-corrected chi connectivity index (χ4v) is 2.41. The van der Waals surface area contributed by atoms with Crippen LogP contribution < -0.4 is 10.5 Å². The van der Waals surface area contributed by atoms with Crippen molar-refractivity contribution in [2.45, 2.75) is 19.4 Å². The van der Waals surface area contributed by atoms with E-state index in [1.807, 2.05) is 12.3 Å². The number of methoxy groups -OCH3 is 1. The van der Waals surface area contributed by atoms with Gasteiger partial charge in [-0.3, -0.25) is 4.98 Å². The Bertz CT molecular complexity index is 370. The number of hydrogen-bond acceptors (Lipinski definition) is 4. The van der Waals surface area contributed by atoms with E-state index in [-0.39, 0.29) is 6.04 Å². The summed E-state index contributed by atoms with van der Waals surface area (Å²) in [7, 11) is 1.64. The SMILES string of the molecule is COc1cncc(C(N)C2CCOCC2C)c1. The van der Waals surface area contributed by atoms with E-state index in [1.54, 1.807) is 13.3 Å². The van der Waals surface area contributed by atoms with Crippen molar-refractivity contribution >= 4 is 0 Å². The monoisotopic (exact) mass is 236 g/mol. The molecule has 0 amide bonds. The predicted octanol–water partition coefficient (Wildman–Crippen LogP) is 1.76. The van der Waals surface area contributed by atoms with Gasteiger partial charge in [0, 0.05) is 25.5 Å². The van der Waals surface area contributed by atoms with E-state index in [9.17, 15) is 0 Å². The Morgan fingerprint density at radius 1 is 1.53 bits per heavy atom. The lowest BCUT2D eigenvalue weighted by Crippen LogP contribution is -2.33. The van der Waals surface area contributed by atoms with Crippen LogP contribution in [0.4, 0.5) is 0 Å². The third-order valence-electron chi connectivity index (χ3n) is 3.52. The zero-order valence-corrected chi connectivity index (χ0v) is 10.4.